The first-order valence-electron chi connectivity index (χ1n) is 7.36. The van der Waals surface area contributed by atoms with E-state index in [1.165, 1.54) is 0 Å². The summed E-state index contributed by atoms with van der Waals surface area (Å²) in [6.45, 7) is 0. The Morgan fingerprint density at radius 3 is 2.91 bits per heavy atom. The van der Waals surface area contributed by atoms with Crippen molar-refractivity contribution >= 4 is 28.1 Å². The predicted molar refractivity (Wildman–Crippen MR) is 89.3 cm³/mol. The highest BCUT2D eigenvalue weighted by atomic mass is 16.1. The van der Waals surface area contributed by atoms with Crippen molar-refractivity contribution in [1.82, 2.24) is 14.4 Å². The maximum Gasteiger partial charge on any atom is 0.230 e. The maximum atomic E-state index is 12.3. The molecule has 0 saturated heterocycles. The van der Waals surface area contributed by atoms with Gasteiger partial charge < -0.3 is 9.72 Å². The van der Waals surface area contributed by atoms with Crippen LogP contribution in [0.2, 0.25) is 0 Å². The minimum absolute atomic E-state index is 0.105. The molecule has 4 rings (SSSR count). The molecule has 0 unspecified atom stereocenters. The van der Waals surface area contributed by atoms with Crippen LogP contribution in [0.15, 0.2) is 67.1 Å². The summed E-state index contributed by atoms with van der Waals surface area (Å²) in [5.41, 5.74) is 3.08. The molecule has 4 aromatic rings. The highest BCUT2D eigenvalue weighted by Crippen LogP contribution is 2.20. The fraction of sp³-hybridized carbons (Fsp3) is 0.0556. The van der Waals surface area contributed by atoms with E-state index >= 15 is 0 Å². The van der Waals surface area contributed by atoms with Crippen molar-refractivity contribution in [1.29, 1.82) is 0 Å². The average molecular weight is 302 g/mol. The number of carbonyl (C=O) groups is 1. The molecular weight excluding hydrogens is 288 g/mol. The number of anilines is 1. The number of nitrogens with one attached hydrogen (secondary N) is 1. The van der Waals surface area contributed by atoms with Gasteiger partial charge in [-0.05, 0) is 24.3 Å². The van der Waals surface area contributed by atoms with Crippen molar-refractivity contribution in [2.75, 3.05) is 5.32 Å². The summed E-state index contributed by atoms with van der Waals surface area (Å²) in [5, 5.41) is 3.93. The molecule has 5 nitrogen and oxygen atoms in total. The third-order valence-electron chi connectivity index (χ3n) is 3.66. The monoisotopic (exact) mass is 302 g/mol. The lowest BCUT2D eigenvalue weighted by Crippen LogP contribution is -2.15. The van der Waals surface area contributed by atoms with E-state index in [1.807, 2.05) is 65.3 Å². The number of imidazole rings is 1. The molecule has 0 spiro atoms. The number of carbonyl (C=O) groups excluding carboxylic acids is 1. The third kappa shape index (κ3) is 2.64. The van der Waals surface area contributed by atoms with Gasteiger partial charge in [0, 0.05) is 24.0 Å². The van der Waals surface area contributed by atoms with Gasteiger partial charge >= 0.3 is 0 Å². The Labute approximate surface area is 132 Å². The standard InChI is InChI=1S/C18H14N4O/c23-17(11-14-12-22-10-2-1-8-16(22)20-14)21-15-7-3-5-13-6-4-9-19-18(13)15/h1-10,12H,11H2,(H,21,23). The molecule has 0 aliphatic heterocycles. The minimum atomic E-state index is -0.105. The van der Waals surface area contributed by atoms with Crippen LogP contribution >= 0.6 is 0 Å². The second-order valence-corrected chi connectivity index (χ2v) is 5.30. The third-order valence-corrected chi connectivity index (χ3v) is 3.66. The van der Waals surface area contributed by atoms with E-state index in [4.69, 9.17) is 0 Å². The van der Waals surface area contributed by atoms with Crippen LogP contribution < -0.4 is 5.32 Å². The number of nitrogens with zero attached hydrogens (tertiary/aromatic N) is 3. The van der Waals surface area contributed by atoms with E-state index < -0.39 is 0 Å². The zero-order valence-corrected chi connectivity index (χ0v) is 12.3. The number of benzene rings is 1. The Morgan fingerprint density at radius 2 is 2.00 bits per heavy atom. The first-order chi connectivity index (χ1) is 11.3. The molecule has 3 heterocycles. The summed E-state index contributed by atoms with van der Waals surface area (Å²) in [6, 6.07) is 15.4. The number of pyridine rings is 2. The first kappa shape index (κ1) is 13.5. The number of hydrogen-bond donors (Lipinski definition) is 1. The van der Waals surface area contributed by atoms with E-state index in [9.17, 15) is 4.79 Å². The lowest BCUT2D eigenvalue weighted by molar-refractivity contribution is -0.115. The van der Waals surface area contributed by atoms with E-state index in [1.54, 1.807) is 6.20 Å². The summed E-state index contributed by atoms with van der Waals surface area (Å²) >= 11 is 0. The van der Waals surface area contributed by atoms with Gasteiger partial charge in [-0.2, -0.15) is 0 Å². The summed E-state index contributed by atoms with van der Waals surface area (Å²) in [7, 11) is 0. The molecule has 0 atom stereocenters. The molecular formula is C18H14N4O. The molecule has 3 aromatic heterocycles. The van der Waals surface area contributed by atoms with E-state index in [0.717, 1.165) is 27.9 Å². The summed E-state index contributed by atoms with van der Waals surface area (Å²) < 4.78 is 1.90. The average Bonchev–Trinajstić information content (AvgIpc) is 2.97. The van der Waals surface area contributed by atoms with Gasteiger partial charge in [0.15, 0.2) is 0 Å². The zero-order valence-electron chi connectivity index (χ0n) is 12.3. The second kappa shape index (κ2) is 5.53. The van der Waals surface area contributed by atoms with Crippen molar-refractivity contribution in [2.24, 2.45) is 0 Å². The van der Waals surface area contributed by atoms with Crippen molar-refractivity contribution in [2.45, 2.75) is 6.42 Å². The number of hydrogen-bond acceptors (Lipinski definition) is 3. The molecule has 1 aromatic carbocycles. The SMILES string of the molecule is O=C(Cc1cn2ccccc2n1)Nc1cccc2cccnc12. The van der Waals surface area contributed by atoms with Crippen molar-refractivity contribution in [3.05, 3.63) is 72.8 Å². The van der Waals surface area contributed by atoms with Gasteiger partial charge in [-0.3, -0.25) is 9.78 Å². The van der Waals surface area contributed by atoms with Crippen LogP contribution in [0.5, 0.6) is 0 Å². The number of amides is 1. The van der Waals surface area contributed by atoms with Crippen LogP contribution in [0.3, 0.4) is 0 Å². The van der Waals surface area contributed by atoms with Crippen LogP contribution in [0.1, 0.15) is 5.69 Å². The summed E-state index contributed by atoms with van der Waals surface area (Å²) in [6.07, 6.45) is 5.74. The number of fused-ring (bicyclic) bond motifs is 2. The number of rotatable bonds is 3. The molecule has 0 radical (unpaired) electrons. The highest BCUT2D eigenvalue weighted by molar-refractivity contribution is 6.00. The normalized spacial score (nSPS) is 11.0. The number of para-hydroxylation sites is 1. The molecule has 0 bridgehead atoms. The minimum Gasteiger partial charge on any atom is -0.324 e. The fourth-order valence-electron chi connectivity index (χ4n) is 2.64. The quantitative estimate of drug-likeness (QED) is 0.632. The topological polar surface area (TPSA) is 59.3 Å². The Morgan fingerprint density at radius 1 is 1.09 bits per heavy atom. The van der Waals surface area contributed by atoms with Gasteiger partial charge in [0.05, 0.1) is 23.3 Å². The largest absolute Gasteiger partial charge is 0.324 e. The van der Waals surface area contributed by atoms with E-state index in [2.05, 4.69) is 15.3 Å². The van der Waals surface area contributed by atoms with Crippen molar-refractivity contribution < 1.29 is 4.79 Å². The predicted octanol–water partition coefficient (Wildman–Crippen LogP) is 3.06. The first-order valence-corrected chi connectivity index (χ1v) is 7.36. The Kier molecular flexibility index (Phi) is 3.24. The van der Waals surface area contributed by atoms with Crippen LogP contribution in [0, 0.1) is 0 Å². The molecule has 0 aliphatic carbocycles. The smallest absolute Gasteiger partial charge is 0.230 e. The zero-order chi connectivity index (χ0) is 15.6. The lowest BCUT2D eigenvalue weighted by atomic mass is 10.2. The van der Waals surface area contributed by atoms with Crippen LogP contribution in [-0.4, -0.2) is 20.3 Å². The van der Waals surface area contributed by atoms with Gasteiger partial charge in [0.25, 0.3) is 0 Å². The van der Waals surface area contributed by atoms with Gasteiger partial charge in [0.1, 0.15) is 5.65 Å². The Balaban J connectivity index is 1.57. The molecule has 0 fully saturated rings. The fourth-order valence-corrected chi connectivity index (χ4v) is 2.64. The van der Waals surface area contributed by atoms with E-state index in [-0.39, 0.29) is 12.3 Å². The summed E-state index contributed by atoms with van der Waals surface area (Å²) in [4.78, 5) is 21.1. The molecule has 0 saturated carbocycles. The molecule has 0 aliphatic rings. The molecule has 1 N–H and O–H groups in total. The molecule has 23 heavy (non-hydrogen) atoms. The van der Waals surface area contributed by atoms with Gasteiger partial charge in [-0.15, -0.1) is 0 Å². The van der Waals surface area contributed by atoms with E-state index in [0.29, 0.717) is 0 Å². The lowest BCUT2D eigenvalue weighted by Gasteiger charge is -2.07. The second-order valence-electron chi connectivity index (χ2n) is 5.30. The van der Waals surface area contributed by atoms with Crippen molar-refractivity contribution in [3.63, 3.8) is 0 Å². The van der Waals surface area contributed by atoms with Gasteiger partial charge in [0.2, 0.25) is 5.91 Å². The Hall–Kier alpha value is -3.21. The van der Waals surface area contributed by atoms with Crippen molar-refractivity contribution in [3.8, 4) is 0 Å². The van der Waals surface area contributed by atoms with Crippen LogP contribution in [0.4, 0.5) is 5.69 Å². The molecule has 1 amide bonds. The van der Waals surface area contributed by atoms with Crippen LogP contribution in [0.25, 0.3) is 16.6 Å². The van der Waals surface area contributed by atoms with Gasteiger partial charge in [-0.25, -0.2) is 4.98 Å². The molecule has 5 heteroatoms. The van der Waals surface area contributed by atoms with Crippen LogP contribution in [-0.2, 0) is 11.2 Å². The number of aromatic nitrogens is 3. The summed E-state index contributed by atoms with van der Waals surface area (Å²) in [5.74, 6) is -0.105. The maximum absolute atomic E-state index is 12.3. The van der Waals surface area contributed by atoms with Gasteiger partial charge in [-0.1, -0.05) is 24.3 Å². The Bertz CT molecular complexity index is 968. The molecule has 112 valence electrons. The highest BCUT2D eigenvalue weighted by Gasteiger charge is 2.10.